The van der Waals surface area contributed by atoms with Crippen molar-refractivity contribution in [2.75, 3.05) is 19.6 Å². The number of hydrogen-bond donors (Lipinski definition) is 1. The van der Waals surface area contributed by atoms with Gasteiger partial charge >= 0.3 is 0 Å². The fourth-order valence-corrected chi connectivity index (χ4v) is 5.03. The Bertz CT molecular complexity index is 358. The van der Waals surface area contributed by atoms with Gasteiger partial charge in [0.05, 0.1) is 0 Å². The molecule has 0 unspecified atom stereocenters. The van der Waals surface area contributed by atoms with Crippen molar-refractivity contribution < 1.29 is 4.79 Å². The molecule has 1 amide bonds. The predicted octanol–water partition coefficient (Wildman–Crippen LogP) is 3.73. The van der Waals surface area contributed by atoms with Gasteiger partial charge in [0, 0.05) is 26.1 Å². The molecule has 1 saturated heterocycles. The van der Waals surface area contributed by atoms with Crippen LogP contribution in [0.1, 0.15) is 77.6 Å². The van der Waals surface area contributed by atoms with Crippen LogP contribution in [0.4, 0.5) is 0 Å². The van der Waals surface area contributed by atoms with Gasteiger partial charge in [-0.2, -0.15) is 0 Å². The van der Waals surface area contributed by atoms with Crippen LogP contribution < -0.4 is 5.32 Å². The summed E-state index contributed by atoms with van der Waals surface area (Å²) in [6.07, 6.45) is 15.6. The van der Waals surface area contributed by atoms with Gasteiger partial charge in [-0.1, -0.05) is 19.3 Å². The molecule has 1 aliphatic heterocycles. The van der Waals surface area contributed by atoms with Crippen LogP contribution in [0.3, 0.4) is 0 Å². The molecule has 126 valence electrons. The zero-order valence-corrected chi connectivity index (χ0v) is 14.4. The summed E-state index contributed by atoms with van der Waals surface area (Å²) in [4.78, 5) is 13.4. The molecular weight excluding hydrogens is 272 g/mol. The van der Waals surface area contributed by atoms with E-state index >= 15 is 0 Å². The number of carbonyl (C=O) groups is 1. The lowest BCUT2D eigenvalue weighted by atomic mass is 9.63. The van der Waals surface area contributed by atoms with Crippen molar-refractivity contribution in [1.29, 1.82) is 0 Å². The van der Waals surface area contributed by atoms with Crippen LogP contribution in [0.15, 0.2) is 0 Å². The SMILES string of the molecule is CC(=O)N1CCC(NCC2CCC3(CCCCC3)CC2)CC1. The van der Waals surface area contributed by atoms with Crippen LogP contribution in [-0.4, -0.2) is 36.5 Å². The predicted molar refractivity (Wildman–Crippen MR) is 90.8 cm³/mol. The van der Waals surface area contributed by atoms with Gasteiger partial charge in [-0.05, 0) is 69.2 Å². The standard InChI is InChI=1S/C19H34N2O/c1-16(22)21-13-7-18(8-14-21)20-15-17-5-11-19(12-6-17)9-3-2-4-10-19/h17-18,20H,2-15H2,1H3. The maximum absolute atomic E-state index is 11.4. The molecule has 0 atom stereocenters. The fraction of sp³-hybridized carbons (Fsp3) is 0.947. The third-order valence-corrected chi connectivity index (χ3v) is 6.72. The summed E-state index contributed by atoms with van der Waals surface area (Å²) in [5, 5.41) is 3.80. The third kappa shape index (κ3) is 4.04. The Morgan fingerprint density at radius 2 is 1.64 bits per heavy atom. The van der Waals surface area contributed by atoms with E-state index < -0.39 is 0 Å². The summed E-state index contributed by atoms with van der Waals surface area (Å²) in [5.74, 6) is 1.14. The maximum Gasteiger partial charge on any atom is 0.219 e. The quantitative estimate of drug-likeness (QED) is 0.861. The van der Waals surface area contributed by atoms with E-state index in [9.17, 15) is 4.79 Å². The topological polar surface area (TPSA) is 32.3 Å². The smallest absolute Gasteiger partial charge is 0.219 e. The summed E-state index contributed by atoms with van der Waals surface area (Å²) in [7, 11) is 0. The fourth-order valence-electron chi connectivity index (χ4n) is 5.03. The Morgan fingerprint density at radius 1 is 1.00 bits per heavy atom. The van der Waals surface area contributed by atoms with Gasteiger partial charge in [-0.25, -0.2) is 0 Å². The summed E-state index contributed by atoms with van der Waals surface area (Å²) in [6, 6.07) is 0.640. The van der Waals surface area contributed by atoms with Crippen molar-refractivity contribution in [2.24, 2.45) is 11.3 Å². The number of rotatable bonds is 3. The lowest BCUT2D eigenvalue weighted by molar-refractivity contribution is -0.129. The normalized spacial score (nSPS) is 27.2. The largest absolute Gasteiger partial charge is 0.343 e. The molecule has 2 saturated carbocycles. The number of nitrogens with one attached hydrogen (secondary N) is 1. The highest BCUT2D eigenvalue weighted by atomic mass is 16.2. The van der Waals surface area contributed by atoms with E-state index in [1.807, 2.05) is 4.90 Å². The van der Waals surface area contributed by atoms with E-state index in [1.54, 1.807) is 6.92 Å². The molecule has 1 N–H and O–H groups in total. The molecule has 3 aliphatic rings. The molecule has 3 fully saturated rings. The van der Waals surface area contributed by atoms with Crippen molar-refractivity contribution in [3.05, 3.63) is 0 Å². The van der Waals surface area contributed by atoms with Gasteiger partial charge in [0.15, 0.2) is 0 Å². The molecule has 3 rings (SSSR count). The van der Waals surface area contributed by atoms with E-state index in [1.165, 1.54) is 64.3 Å². The Labute approximate surface area is 136 Å². The minimum atomic E-state index is 0.239. The van der Waals surface area contributed by atoms with E-state index in [0.29, 0.717) is 6.04 Å². The summed E-state index contributed by atoms with van der Waals surface area (Å²) >= 11 is 0. The zero-order valence-electron chi connectivity index (χ0n) is 14.4. The van der Waals surface area contributed by atoms with Crippen molar-refractivity contribution in [3.63, 3.8) is 0 Å². The minimum Gasteiger partial charge on any atom is -0.343 e. The lowest BCUT2D eigenvalue weighted by Crippen LogP contribution is -2.45. The molecule has 22 heavy (non-hydrogen) atoms. The molecule has 3 heteroatoms. The number of likely N-dealkylation sites (tertiary alicyclic amines) is 1. The van der Waals surface area contributed by atoms with Gasteiger partial charge < -0.3 is 10.2 Å². The minimum absolute atomic E-state index is 0.239. The Morgan fingerprint density at radius 3 is 2.23 bits per heavy atom. The summed E-state index contributed by atoms with van der Waals surface area (Å²) < 4.78 is 0. The Balaban J connectivity index is 1.34. The second kappa shape index (κ2) is 7.33. The zero-order chi connectivity index (χ0) is 15.4. The van der Waals surface area contributed by atoms with E-state index in [4.69, 9.17) is 0 Å². The van der Waals surface area contributed by atoms with Crippen molar-refractivity contribution >= 4 is 5.91 Å². The molecule has 0 aromatic carbocycles. The third-order valence-electron chi connectivity index (χ3n) is 6.72. The number of amides is 1. The first-order chi connectivity index (χ1) is 10.7. The van der Waals surface area contributed by atoms with E-state index in [-0.39, 0.29) is 5.91 Å². The molecule has 2 aliphatic carbocycles. The number of carbonyl (C=O) groups excluding carboxylic acids is 1. The first-order valence-electron chi connectivity index (χ1n) is 9.66. The van der Waals surface area contributed by atoms with Crippen LogP contribution in [-0.2, 0) is 4.79 Å². The van der Waals surface area contributed by atoms with E-state index in [0.717, 1.165) is 37.3 Å². The second-order valence-corrected chi connectivity index (χ2v) is 8.19. The van der Waals surface area contributed by atoms with Gasteiger partial charge in [-0.15, -0.1) is 0 Å². The molecule has 1 heterocycles. The Hall–Kier alpha value is -0.570. The highest BCUT2D eigenvalue weighted by Crippen LogP contribution is 2.48. The molecule has 0 radical (unpaired) electrons. The highest BCUT2D eigenvalue weighted by molar-refractivity contribution is 5.73. The summed E-state index contributed by atoms with van der Waals surface area (Å²) in [6.45, 7) is 4.79. The van der Waals surface area contributed by atoms with Crippen molar-refractivity contribution in [3.8, 4) is 0 Å². The first-order valence-corrected chi connectivity index (χ1v) is 9.66. The summed E-state index contributed by atoms with van der Waals surface area (Å²) in [5.41, 5.74) is 0.752. The Kier molecular flexibility index (Phi) is 5.43. The highest BCUT2D eigenvalue weighted by Gasteiger charge is 2.36. The molecule has 1 spiro atoms. The maximum atomic E-state index is 11.4. The van der Waals surface area contributed by atoms with Crippen LogP contribution in [0.25, 0.3) is 0 Å². The van der Waals surface area contributed by atoms with Crippen LogP contribution in [0.2, 0.25) is 0 Å². The van der Waals surface area contributed by atoms with Crippen molar-refractivity contribution in [1.82, 2.24) is 10.2 Å². The molecule has 0 aromatic rings. The van der Waals surface area contributed by atoms with Gasteiger partial charge in [0.1, 0.15) is 0 Å². The molecule has 3 nitrogen and oxygen atoms in total. The molecular formula is C19H34N2O. The first kappa shape index (κ1) is 16.3. The number of nitrogens with zero attached hydrogens (tertiary/aromatic N) is 1. The van der Waals surface area contributed by atoms with Gasteiger partial charge in [0.2, 0.25) is 5.91 Å². The molecule has 0 bridgehead atoms. The average molecular weight is 306 g/mol. The number of hydrogen-bond acceptors (Lipinski definition) is 2. The number of piperidine rings is 1. The average Bonchev–Trinajstić information content (AvgIpc) is 2.56. The van der Waals surface area contributed by atoms with Gasteiger partial charge in [0.25, 0.3) is 0 Å². The second-order valence-electron chi connectivity index (χ2n) is 8.19. The monoisotopic (exact) mass is 306 g/mol. The van der Waals surface area contributed by atoms with Crippen LogP contribution in [0, 0.1) is 11.3 Å². The van der Waals surface area contributed by atoms with Gasteiger partial charge in [-0.3, -0.25) is 4.79 Å². The molecule has 0 aromatic heterocycles. The van der Waals surface area contributed by atoms with Crippen LogP contribution in [0.5, 0.6) is 0 Å². The lowest BCUT2D eigenvalue weighted by Gasteiger charge is -2.43. The van der Waals surface area contributed by atoms with Crippen LogP contribution >= 0.6 is 0 Å². The van der Waals surface area contributed by atoms with Crippen molar-refractivity contribution in [2.45, 2.75) is 83.6 Å². The van der Waals surface area contributed by atoms with E-state index in [2.05, 4.69) is 5.32 Å².